The van der Waals surface area contributed by atoms with Gasteiger partial charge in [-0.15, -0.1) is 11.8 Å². The first-order valence-electron chi connectivity index (χ1n) is 7.72. The molecule has 0 saturated carbocycles. The van der Waals surface area contributed by atoms with E-state index in [9.17, 15) is 9.59 Å². The van der Waals surface area contributed by atoms with Gasteiger partial charge >= 0.3 is 5.97 Å². The van der Waals surface area contributed by atoms with Crippen LogP contribution in [-0.4, -0.2) is 25.2 Å². The van der Waals surface area contributed by atoms with Crippen molar-refractivity contribution in [3.05, 3.63) is 64.2 Å². The summed E-state index contributed by atoms with van der Waals surface area (Å²) in [6.45, 7) is 1.98. The van der Waals surface area contributed by atoms with Crippen LogP contribution < -0.4 is 5.32 Å². The van der Waals surface area contributed by atoms with Gasteiger partial charge in [0.25, 0.3) is 5.91 Å². The Morgan fingerprint density at radius 3 is 2.48 bits per heavy atom. The second-order valence-electron chi connectivity index (χ2n) is 5.56. The van der Waals surface area contributed by atoms with Crippen molar-refractivity contribution in [2.24, 2.45) is 0 Å². The minimum absolute atomic E-state index is 0.0468. The second kappa shape index (κ2) is 8.92. The summed E-state index contributed by atoms with van der Waals surface area (Å²) in [7, 11) is 1.33. The summed E-state index contributed by atoms with van der Waals surface area (Å²) in [4.78, 5) is 25.4. The van der Waals surface area contributed by atoms with Gasteiger partial charge in [0.2, 0.25) is 0 Å². The van der Waals surface area contributed by atoms with Crippen molar-refractivity contribution < 1.29 is 14.3 Å². The molecule has 0 aromatic heterocycles. The molecule has 0 aliphatic heterocycles. The van der Waals surface area contributed by atoms with E-state index in [0.717, 1.165) is 16.0 Å². The maximum Gasteiger partial charge on any atom is 0.307 e. The van der Waals surface area contributed by atoms with Gasteiger partial charge in [-0.3, -0.25) is 9.59 Å². The van der Waals surface area contributed by atoms with Crippen LogP contribution in [0.3, 0.4) is 0 Å². The van der Waals surface area contributed by atoms with E-state index in [1.165, 1.54) is 18.9 Å². The molecule has 6 heteroatoms. The summed E-state index contributed by atoms with van der Waals surface area (Å²) < 4.78 is 4.75. The van der Waals surface area contributed by atoms with E-state index < -0.39 is 12.0 Å². The second-order valence-corrected chi connectivity index (χ2v) is 6.85. The summed E-state index contributed by atoms with van der Waals surface area (Å²) in [5.74, 6) is -0.717. The lowest BCUT2D eigenvalue weighted by Crippen LogP contribution is -2.30. The van der Waals surface area contributed by atoms with Gasteiger partial charge in [-0.2, -0.15) is 0 Å². The van der Waals surface area contributed by atoms with Crippen molar-refractivity contribution in [1.29, 1.82) is 0 Å². The van der Waals surface area contributed by atoms with Gasteiger partial charge < -0.3 is 10.1 Å². The molecule has 0 spiro atoms. The van der Waals surface area contributed by atoms with Crippen molar-refractivity contribution in [3.8, 4) is 0 Å². The highest BCUT2D eigenvalue weighted by Gasteiger charge is 2.21. The molecule has 0 heterocycles. The Balaban J connectivity index is 2.27. The average molecular weight is 378 g/mol. The highest BCUT2D eigenvalue weighted by atomic mass is 35.5. The lowest BCUT2D eigenvalue weighted by molar-refractivity contribution is -0.141. The van der Waals surface area contributed by atoms with Crippen molar-refractivity contribution in [1.82, 2.24) is 5.32 Å². The van der Waals surface area contributed by atoms with Crippen molar-refractivity contribution in [2.45, 2.75) is 24.3 Å². The van der Waals surface area contributed by atoms with Gasteiger partial charge in [0.15, 0.2) is 0 Å². The lowest BCUT2D eigenvalue weighted by Gasteiger charge is -2.19. The Kier molecular flexibility index (Phi) is 6.91. The van der Waals surface area contributed by atoms with Gasteiger partial charge in [-0.1, -0.05) is 41.4 Å². The zero-order valence-corrected chi connectivity index (χ0v) is 15.9. The van der Waals surface area contributed by atoms with E-state index in [1.807, 2.05) is 43.5 Å². The molecule has 0 unspecified atom stereocenters. The van der Waals surface area contributed by atoms with Crippen LogP contribution in [0, 0.1) is 6.92 Å². The van der Waals surface area contributed by atoms with Crippen LogP contribution >= 0.6 is 23.4 Å². The van der Waals surface area contributed by atoms with Crippen LogP contribution in [0.15, 0.2) is 47.4 Å². The quantitative estimate of drug-likeness (QED) is 0.598. The predicted octanol–water partition coefficient (Wildman–Crippen LogP) is 4.40. The number of rotatable bonds is 6. The third-order valence-corrected chi connectivity index (χ3v) is 4.86. The Morgan fingerprint density at radius 2 is 1.88 bits per heavy atom. The maximum atomic E-state index is 12.7. The predicted molar refractivity (Wildman–Crippen MR) is 101 cm³/mol. The number of amides is 1. The van der Waals surface area contributed by atoms with Crippen LogP contribution in [0.2, 0.25) is 5.02 Å². The number of nitrogens with one attached hydrogen (secondary N) is 1. The van der Waals surface area contributed by atoms with Gasteiger partial charge in [0, 0.05) is 4.90 Å². The van der Waals surface area contributed by atoms with Crippen molar-refractivity contribution in [2.75, 3.05) is 13.4 Å². The third-order valence-electron chi connectivity index (χ3n) is 3.80. The molecule has 0 bridgehead atoms. The van der Waals surface area contributed by atoms with Crippen LogP contribution in [0.4, 0.5) is 0 Å². The molecule has 2 rings (SSSR count). The van der Waals surface area contributed by atoms with E-state index in [4.69, 9.17) is 16.3 Å². The fraction of sp³-hybridized carbons (Fsp3) is 0.263. The van der Waals surface area contributed by atoms with Crippen LogP contribution in [0.5, 0.6) is 0 Å². The number of benzene rings is 2. The highest BCUT2D eigenvalue weighted by Crippen LogP contribution is 2.25. The molecule has 4 nitrogen and oxygen atoms in total. The minimum Gasteiger partial charge on any atom is -0.469 e. The van der Waals surface area contributed by atoms with Crippen molar-refractivity contribution >= 4 is 35.2 Å². The fourth-order valence-corrected chi connectivity index (χ4v) is 2.99. The van der Waals surface area contributed by atoms with E-state index in [2.05, 4.69) is 5.32 Å². The third kappa shape index (κ3) is 5.25. The molecule has 0 radical (unpaired) electrons. The maximum absolute atomic E-state index is 12.7. The van der Waals surface area contributed by atoms with Crippen LogP contribution in [0.1, 0.15) is 33.9 Å². The Bertz CT molecular complexity index is 762. The normalized spacial score (nSPS) is 11.7. The summed E-state index contributed by atoms with van der Waals surface area (Å²) in [5.41, 5.74) is 2.32. The van der Waals surface area contributed by atoms with Gasteiger partial charge in [-0.25, -0.2) is 0 Å². The highest BCUT2D eigenvalue weighted by molar-refractivity contribution is 7.98. The summed E-state index contributed by atoms with van der Waals surface area (Å²) in [6.07, 6.45) is 1.97. The molecule has 0 aliphatic rings. The molecule has 1 amide bonds. The molecular formula is C19H20ClNO3S. The Morgan fingerprint density at radius 1 is 1.20 bits per heavy atom. The average Bonchev–Trinajstić information content (AvgIpc) is 2.62. The molecular weight excluding hydrogens is 358 g/mol. The van der Waals surface area contributed by atoms with Gasteiger partial charge in [0.1, 0.15) is 0 Å². The van der Waals surface area contributed by atoms with Gasteiger partial charge in [-0.05, 0) is 36.9 Å². The van der Waals surface area contributed by atoms with Gasteiger partial charge in [0.05, 0.1) is 30.2 Å². The minimum atomic E-state index is -0.491. The lowest BCUT2D eigenvalue weighted by atomic mass is 10.0. The first kappa shape index (κ1) is 19.3. The van der Waals surface area contributed by atoms with E-state index in [-0.39, 0.29) is 12.3 Å². The SMILES string of the molecule is COC(=O)C[C@H](NC(=O)c1cc(SC)ccc1Cl)c1ccc(C)cc1. The zero-order chi connectivity index (χ0) is 18.4. The molecule has 2 aromatic rings. The molecule has 1 atom stereocenters. The topological polar surface area (TPSA) is 55.4 Å². The number of halogens is 1. The number of methoxy groups -OCH3 is 1. The number of carbonyl (C=O) groups is 2. The first-order chi connectivity index (χ1) is 11.9. The largest absolute Gasteiger partial charge is 0.469 e. The molecule has 25 heavy (non-hydrogen) atoms. The monoisotopic (exact) mass is 377 g/mol. The molecule has 2 aromatic carbocycles. The molecule has 132 valence electrons. The number of carbonyl (C=O) groups excluding carboxylic acids is 2. The number of esters is 1. The van der Waals surface area contributed by atoms with Crippen molar-refractivity contribution in [3.63, 3.8) is 0 Å². The van der Waals surface area contributed by atoms with Crippen LogP contribution in [-0.2, 0) is 9.53 Å². The van der Waals surface area contributed by atoms with E-state index in [0.29, 0.717) is 10.6 Å². The number of ether oxygens (including phenoxy) is 1. The Labute approximate surface area is 156 Å². The first-order valence-corrected chi connectivity index (χ1v) is 9.32. The summed E-state index contributed by atoms with van der Waals surface area (Å²) in [6, 6.07) is 12.5. The Hall–Kier alpha value is -1.98. The number of aryl methyl sites for hydroxylation is 1. The number of thioether (sulfide) groups is 1. The van der Waals surface area contributed by atoms with Crippen LogP contribution in [0.25, 0.3) is 0 Å². The fourth-order valence-electron chi connectivity index (χ4n) is 2.34. The number of hydrogen-bond acceptors (Lipinski definition) is 4. The molecule has 0 saturated heterocycles. The standard InChI is InChI=1S/C19H20ClNO3S/c1-12-4-6-13(7-5-12)17(11-18(22)24-2)21-19(23)15-10-14(25-3)8-9-16(15)20/h4-10,17H,11H2,1-3H3,(H,21,23)/t17-/m0/s1. The molecule has 1 N–H and O–H groups in total. The summed E-state index contributed by atoms with van der Waals surface area (Å²) >= 11 is 7.70. The van der Waals surface area contributed by atoms with E-state index >= 15 is 0 Å². The smallest absolute Gasteiger partial charge is 0.307 e. The number of hydrogen-bond donors (Lipinski definition) is 1. The zero-order valence-electron chi connectivity index (χ0n) is 14.3. The van der Waals surface area contributed by atoms with E-state index in [1.54, 1.807) is 12.1 Å². The summed E-state index contributed by atoms with van der Waals surface area (Å²) in [5, 5.41) is 3.26. The molecule has 0 aliphatic carbocycles. The molecule has 0 fully saturated rings.